The van der Waals surface area contributed by atoms with Gasteiger partial charge in [-0.3, -0.25) is 4.79 Å². The van der Waals surface area contributed by atoms with E-state index in [0.29, 0.717) is 30.6 Å². The summed E-state index contributed by atoms with van der Waals surface area (Å²) in [5.41, 5.74) is 0. The molecule has 0 aromatic carbocycles. The Morgan fingerprint density at radius 3 is 3.24 bits per heavy atom. The van der Waals surface area contributed by atoms with Crippen molar-refractivity contribution in [1.29, 1.82) is 0 Å². The summed E-state index contributed by atoms with van der Waals surface area (Å²) in [5.74, 6) is 1.11. The summed E-state index contributed by atoms with van der Waals surface area (Å²) in [7, 11) is 1.64. The van der Waals surface area contributed by atoms with Crippen molar-refractivity contribution in [2.45, 2.75) is 18.1 Å². The second kappa shape index (κ2) is 8.48. The predicted molar refractivity (Wildman–Crippen MR) is 78.1 cm³/mol. The van der Waals surface area contributed by atoms with Gasteiger partial charge in [-0.15, -0.1) is 10.2 Å². The molecule has 0 saturated carbocycles. The first-order valence-electron chi connectivity index (χ1n) is 6.58. The molecule has 0 radical (unpaired) electrons. The molecule has 114 valence electrons. The number of amides is 1. The average Bonchev–Trinajstić information content (AvgIpc) is 3.14. The number of furan rings is 1. The molecule has 0 saturated heterocycles. The van der Waals surface area contributed by atoms with Crippen molar-refractivity contribution in [1.82, 2.24) is 20.1 Å². The number of hydrogen-bond acceptors (Lipinski definition) is 6. The average molecular weight is 310 g/mol. The molecule has 0 fully saturated rings. The molecule has 2 rings (SSSR count). The molecule has 1 amide bonds. The summed E-state index contributed by atoms with van der Waals surface area (Å²) in [6.45, 7) is 1.81. The Bertz CT molecular complexity index is 541. The Morgan fingerprint density at radius 1 is 1.57 bits per heavy atom. The van der Waals surface area contributed by atoms with Gasteiger partial charge in [-0.05, 0) is 18.6 Å². The molecular weight excluding hydrogens is 292 g/mol. The van der Waals surface area contributed by atoms with Gasteiger partial charge in [0.1, 0.15) is 12.1 Å². The predicted octanol–water partition coefficient (Wildman–Crippen LogP) is 1.16. The number of methoxy groups -OCH3 is 1. The zero-order valence-corrected chi connectivity index (χ0v) is 12.6. The Morgan fingerprint density at radius 2 is 2.48 bits per heavy atom. The van der Waals surface area contributed by atoms with Crippen LogP contribution in [0, 0.1) is 0 Å². The van der Waals surface area contributed by atoms with Crippen molar-refractivity contribution >= 4 is 17.7 Å². The molecule has 2 aromatic rings. The van der Waals surface area contributed by atoms with Gasteiger partial charge in [0, 0.05) is 20.3 Å². The number of thioether (sulfide) groups is 1. The van der Waals surface area contributed by atoms with Crippen molar-refractivity contribution in [2.75, 3.05) is 26.0 Å². The van der Waals surface area contributed by atoms with Gasteiger partial charge in [-0.1, -0.05) is 11.8 Å². The van der Waals surface area contributed by atoms with E-state index in [1.165, 1.54) is 11.8 Å². The SMILES string of the molecule is COCCCNC(=O)CSc1nncn1Cc1ccco1. The van der Waals surface area contributed by atoms with E-state index in [4.69, 9.17) is 9.15 Å². The Hall–Kier alpha value is -1.80. The fourth-order valence-electron chi connectivity index (χ4n) is 1.66. The maximum atomic E-state index is 11.7. The molecule has 2 aromatic heterocycles. The number of hydrogen-bond donors (Lipinski definition) is 1. The van der Waals surface area contributed by atoms with E-state index in [0.717, 1.165) is 12.2 Å². The Balaban J connectivity index is 1.76. The maximum Gasteiger partial charge on any atom is 0.230 e. The van der Waals surface area contributed by atoms with E-state index in [1.54, 1.807) is 19.7 Å². The Kier molecular flexibility index (Phi) is 6.29. The lowest BCUT2D eigenvalue weighted by atomic mass is 10.4. The van der Waals surface area contributed by atoms with Crippen molar-refractivity contribution in [3.8, 4) is 0 Å². The fraction of sp³-hybridized carbons (Fsp3) is 0.462. The van der Waals surface area contributed by atoms with Gasteiger partial charge in [0.15, 0.2) is 5.16 Å². The van der Waals surface area contributed by atoms with Crippen LogP contribution < -0.4 is 5.32 Å². The minimum absolute atomic E-state index is 0.0244. The molecule has 0 unspecified atom stereocenters. The minimum atomic E-state index is -0.0244. The van der Waals surface area contributed by atoms with Gasteiger partial charge >= 0.3 is 0 Å². The summed E-state index contributed by atoms with van der Waals surface area (Å²) < 4.78 is 12.1. The van der Waals surface area contributed by atoms with E-state index in [-0.39, 0.29) is 5.91 Å². The van der Waals surface area contributed by atoms with Crippen molar-refractivity contribution in [3.63, 3.8) is 0 Å². The van der Waals surface area contributed by atoms with Gasteiger partial charge in [-0.2, -0.15) is 0 Å². The molecule has 0 aliphatic heterocycles. The first-order chi connectivity index (χ1) is 10.3. The molecule has 0 atom stereocenters. The number of nitrogens with one attached hydrogen (secondary N) is 1. The zero-order chi connectivity index (χ0) is 14.9. The van der Waals surface area contributed by atoms with E-state index in [1.807, 2.05) is 16.7 Å². The number of aromatic nitrogens is 3. The molecular formula is C13H18N4O3S. The molecule has 0 spiro atoms. The van der Waals surface area contributed by atoms with Crippen LogP contribution in [0.2, 0.25) is 0 Å². The second-order valence-electron chi connectivity index (χ2n) is 4.31. The van der Waals surface area contributed by atoms with Crippen LogP contribution in [-0.4, -0.2) is 46.7 Å². The highest BCUT2D eigenvalue weighted by Gasteiger charge is 2.09. The normalized spacial score (nSPS) is 10.7. The largest absolute Gasteiger partial charge is 0.467 e. The number of ether oxygens (including phenoxy) is 1. The molecule has 7 nitrogen and oxygen atoms in total. The fourth-order valence-corrected chi connectivity index (χ4v) is 2.41. The van der Waals surface area contributed by atoms with Crippen molar-refractivity contribution in [3.05, 3.63) is 30.5 Å². The number of nitrogens with zero attached hydrogens (tertiary/aromatic N) is 3. The highest BCUT2D eigenvalue weighted by atomic mass is 32.2. The van der Waals surface area contributed by atoms with Crippen LogP contribution in [0.3, 0.4) is 0 Å². The lowest BCUT2D eigenvalue weighted by Crippen LogP contribution is -2.27. The topological polar surface area (TPSA) is 82.2 Å². The van der Waals surface area contributed by atoms with Crippen LogP contribution in [-0.2, 0) is 16.1 Å². The van der Waals surface area contributed by atoms with E-state index in [2.05, 4.69) is 15.5 Å². The lowest BCUT2D eigenvalue weighted by molar-refractivity contribution is -0.118. The number of carbonyl (C=O) groups excluding carboxylic acids is 1. The smallest absolute Gasteiger partial charge is 0.230 e. The van der Waals surface area contributed by atoms with Crippen LogP contribution in [0.5, 0.6) is 0 Å². The third-order valence-electron chi connectivity index (χ3n) is 2.67. The summed E-state index contributed by atoms with van der Waals surface area (Å²) in [4.78, 5) is 11.7. The van der Waals surface area contributed by atoms with Crippen molar-refractivity contribution < 1.29 is 13.9 Å². The summed E-state index contributed by atoms with van der Waals surface area (Å²) >= 11 is 1.35. The Labute approximate surface area is 127 Å². The third-order valence-corrected chi connectivity index (χ3v) is 3.65. The quantitative estimate of drug-likeness (QED) is 0.553. The molecule has 1 N–H and O–H groups in total. The van der Waals surface area contributed by atoms with Gasteiger partial charge in [0.05, 0.1) is 18.6 Å². The first-order valence-corrected chi connectivity index (χ1v) is 7.57. The van der Waals surface area contributed by atoms with E-state index >= 15 is 0 Å². The highest BCUT2D eigenvalue weighted by Crippen LogP contribution is 2.16. The number of carbonyl (C=O) groups is 1. The first kappa shape index (κ1) is 15.6. The van der Waals surface area contributed by atoms with Crippen LogP contribution >= 0.6 is 11.8 Å². The van der Waals surface area contributed by atoms with Crippen molar-refractivity contribution in [2.24, 2.45) is 0 Å². The summed E-state index contributed by atoms with van der Waals surface area (Å²) in [6.07, 6.45) is 4.06. The highest BCUT2D eigenvalue weighted by molar-refractivity contribution is 7.99. The van der Waals surface area contributed by atoms with E-state index in [9.17, 15) is 4.79 Å². The molecule has 0 bridgehead atoms. The van der Waals surface area contributed by atoms with Gasteiger partial charge in [-0.25, -0.2) is 0 Å². The van der Waals surface area contributed by atoms with Gasteiger partial charge < -0.3 is 19.0 Å². The van der Waals surface area contributed by atoms with Crippen LogP contribution in [0.4, 0.5) is 0 Å². The van der Waals surface area contributed by atoms with Crippen LogP contribution in [0.25, 0.3) is 0 Å². The molecule has 8 heteroatoms. The maximum absolute atomic E-state index is 11.7. The van der Waals surface area contributed by atoms with E-state index < -0.39 is 0 Å². The summed E-state index contributed by atoms with van der Waals surface area (Å²) in [5, 5.41) is 11.4. The lowest BCUT2D eigenvalue weighted by Gasteiger charge is -2.05. The third kappa shape index (κ3) is 5.24. The van der Waals surface area contributed by atoms with Crippen LogP contribution in [0.15, 0.2) is 34.3 Å². The zero-order valence-electron chi connectivity index (χ0n) is 11.8. The summed E-state index contributed by atoms with van der Waals surface area (Å²) in [6, 6.07) is 3.72. The molecule has 21 heavy (non-hydrogen) atoms. The monoisotopic (exact) mass is 310 g/mol. The standard InChI is InChI=1S/C13H18N4O3S/c1-19-6-3-5-14-12(18)9-21-13-16-15-10-17(13)8-11-4-2-7-20-11/h2,4,7,10H,3,5-6,8-9H2,1H3,(H,14,18). The minimum Gasteiger partial charge on any atom is -0.467 e. The molecule has 2 heterocycles. The van der Waals surface area contributed by atoms with Gasteiger partial charge in [0.2, 0.25) is 5.91 Å². The van der Waals surface area contributed by atoms with Gasteiger partial charge in [0.25, 0.3) is 0 Å². The second-order valence-corrected chi connectivity index (χ2v) is 5.25. The van der Waals surface area contributed by atoms with Crippen LogP contribution in [0.1, 0.15) is 12.2 Å². The molecule has 0 aliphatic carbocycles. The molecule has 0 aliphatic rings. The number of rotatable bonds is 9.